The van der Waals surface area contributed by atoms with Crippen LogP contribution in [0, 0.1) is 0 Å². The van der Waals surface area contributed by atoms with Crippen molar-refractivity contribution < 1.29 is 9.53 Å². The fourth-order valence-electron chi connectivity index (χ4n) is 1.44. The van der Waals surface area contributed by atoms with Crippen molar-refractivity contribution >= 4 is 5.91 Å². The number of rotatable bonds is 3. The maximum Gasteiger partial charge on any atom is 0.226 e. The molecule has 0 aliphatic carbocycles. The number of carbonyl (C=O) groups is 1. The average molecular weight is 198 g/mol. The lowest BCUT2D eigenvalue weighted by Crippen LogP contribution is -2.48. The van der Waals surface area contributed by atoms with Gasteiger partial charge in [0.25, 0.3) is 0 Å². The molecule has 1 heterocycles. The smallest absolute Gasteiger partial charge is 0.226 e. The second-order valence-electron chi connectivity index (χ2n) is 3.34. The standard InChI is InChI=1S/C10H18N2O2/c1-2-3-4-10(13)12-5-6-14-9(7-11)8-12/h2-3,9H,4-8,11H2,1H3/b3-2+/t9-/m0/s1. The fourth-order valence-corrected chi connectivity index (χ4v) is 1.44. The highest BCUT2D eigenvalue weighted by molar-refractivity contribution is 5.77. The average Bonchev–Trinajstić information content (AvgIpc) is 2.26. The van der Waals surface area contributed by atoms with Crippen molar-refractivity contribution in [3.05, 3.63) is 12.2 Å². The van der Waals surface area contributed by atoms with Gasteiger partial charge in [-0.1, -0.05) is 12.2 Å². The summed E-state index contributed by atoms with van der Waals surface area (Å²) in [4.78, 5) is 13.4. The highest BCUT2D eigenvalue weighted by atomic mass is 16.5. The lowest BCUT2D eigenvalue weighted by atomic mass is 10.2. The Hall–Kier alpha value is -0.870. The molecule has 14 heavy (non-hydrogen) atoms. The number of allylic oxidation sites excluding steroid dienone is 1. The van der Waals surface area contributed by atoms with Crippen LogP contribution in [0.3, 0.4) is 0 Å². The van der Waals surface area contributed by atoms with Crippen LogP contribution in [-0.2, 0) is 9.53 Å². The van der Waals surface area contributed by atoms with E-state index in [0.717, 1.165) is 0 Å². The summed E-state index contributed by atoms with van der Waals surface area (Å²) in [6, 6.07) is 0. The van der Waals surface area contributed by atoms with Gasteiger partial charge in [-0.2, -0.15) is 0 Å². The number of morpholine rings is 1. The Morgan fingerprint density at radius 1 is 1.71 bits per heavy atom. The third kappa shape index (κ3) is 3.12. The molecule has 0 aromatic rings. The molecule has 0 unspecified atom stereocenters. The second-order valence-corrected chi connectivity index (χ2v) is 3.34. The highest BCUT2D eigenvalue weighted by Gasteiger charge is 2.21. The molecule has 0 aromatic carbocycles. The minimum absolute atomic E-state index is 0.0123. The molecule has 1 aliphatic heterocycles. The number of carbonyl (C=O) groups excluding carboxylic acids is 1. The molecular weight excluding hydrogens is 180 g/mol. The van der Waals surface area contributed by atoms with Gasteiger partial charge in [-0.3, -0.25) is 4.79 Å². The molecule has 4 nitrogen and oxygen atoms in total. The van der Waals surface area contributed by atoms with Crippen molar-refractivity contribution in [2.75, 3.05) is 26.2 Å². The van der Waals surface area contributed by atoms with Crippen molar-refractivity contribution in [2.24, 2.45) is 5.73 Å². The van der Waals surface area contributed by atoms with Gasteiger partial charge in [0.15, 0.2) is 0 Å². The van der Waals surface area contributed by atoms with Crippen molar-refractivity contribution in [3.8, 4) is 0 Å². The summed E-state index contributed by atoms with van der Waals surface area (Å²) in [6.45, 7) is 4.31. The Morgan fingerprint density at radius 2 is 2.50 bits per heavy atom. The van der Waals surface area contributed by atoms with Crippen molar-refractivity contribution in [1.29, 1.82) is 0 Å². The monoisotopic (exact) mass is 198 g/mol. The number of ether oxygens (including phenoxy) is 1. The highest BCUT2D eigenvalue weighted by Crippen LogP contribution is 2.06. The van der Waals surface area contributed by atoms with E-state index < -0.39 is 0 Å². The van der Waals surface area contributed by atoms with Crippen LogP contribution in [0.5, 0.6) is 0 Å². The number of hydrogen-bond donors (Lipinski definition) is 1. The molecule has 0 saturated carbocycles. The summed E-state index contributed by atoms with van der Waals surface area (Å²) in [5.41, 5.74) is 5.49. The Bertz CT molecular complexity index is 216. The van der Waals surface area contributed by atoms with E-state index >= 15 is 0 Å². The van der Waals surface area contributed by atoms with Gasteiger partial charge in [0.2, 0.25) is 5.91 Å². The van der Waals surface area contributed by atoms with Gasteiger partial charge in [-0.15, -0.1) is 0 Å². The zero-order valence-electron chi connectivity index (χ0n) is 8.61. The third-order valence-corrected chi connectivity index (χ3v) is 2.28. The summed E-state index contributed by atoms with van der Waals surface area (Å²) in [7, 11) is 0. The summed E-state index contributed by atoms with van der Waals surface area (Å²) in [6.07, 6.45) is 4.25. The van der Waals surface area contributed by atoms with Crippen LogP contribution >= 0.6 is 0 Å². The summed E-state index contributed by atoms with van der Waals surface area (Å²) in [5, 5.41) is 0. The lowest BCUT2D eigenvalue weighted by Gasteiger charge is -2.32. The Kier molecular flexibility index (Phi) is 4.62. The van der Waals surface area contributed by atoms with Crippen LogP contribution < -0.4 is 5.73 Å². The number of amides is 1. The van der Waals surface area contributed by atoms with E-state index in [4.69, 9.17) is 10.5 Å². The summed E-state index contributed by atoms with van der Waals surface area (Å²) in [5.74, 6) is 0.157. The Labute approximate surface area is 84.7 Å². The molecule has 1 saturated heterocycles. The molecule has 0 bridgehead atoms. The van der Waals surface area contributed by atoms with Crippen LogP contribution in [0.2, 0.25) is 0 Å². The topological polar surface area (TPSA) is 55.6 Å². The van der Waals surface area contributed by atoms with Crippen LogP contribution in [0.1, 0.15) is 13.3 Å². The first kappa shape index (κ1) is 11.2. The zero-order chi connectivity index (χ0) is 10.4. The molecule has 0 spiro atoms. The summed E-state index contributed by atoms with van der Waals surface area (Å²) < 4.78 is 5.38. The molecule has 0 aromatic heterocycles. The minimum Gasteiger partial charge on any atom is -0.373 e. The van der Waals surface area contributed by atoms with E-state index in [1.54, 1.807) is 0 Å². The maximum absolute atomic E-state index is 11.6. The largest absolute Gasteiger partial charge is 0.373 e. The molecule has 1 fully saturated rings. The van der Waals surface area contributed by atoms with Gasteiger partial charge in [-0.05, 0) is 6.92 Å². The normalized spacial score (nSPS) is 23.0. The summed E-state index contributed by atoms with van der Waals surface area (Å²) >= 11 is 0. The predicted octanol–water partition coefficient (Wildman–Crippen LogP) is 0.139. The van der Waals surface area contributed by atoms with E-state index in [9.17, 15) is 4.79 Å². The van der Waals surface area contributed by atoms with Gasteiger partial charge in [-0.25, -0.2) is 0 Å². The van der Waals surface area contributed by atoms with Crippen LogP contribution in [-0.4, -0.2) is 43.2 Å². The molecule has 1 amide bonds. The third-order valence-electron chi connectivity index (χ3n) is 2.28. The van der Waals surface area contributed by atoms with E-state index in [0.29, 0.717) is 32.7 Å². The van der Waals surface area contributed by atoms with Crippen molar-refractivity contribution in [1.82, 2.24) is 4.90 Å². The first-order valence-electron chi connectivity index (χ1n) is 4.98. The van der Waals surface area contributed by atoms with Gasteiger partial charge < -0.3 is 15.4 Å². The van der Waals surface area contributed by atoms with Crippen LogP contribution in [0.15, 0.2) is 12.2 Å². The SMILES string of the molecule is C/C=C/CC(=O)N1CCO[C@@H](CN)C1. The number of nitrogens with zero attached hydrogens (tertiary/aromatic N) is 1. The maximum atomic E-state index is 11.6. The van der Waals surface area contributed by atoms with E-state index in [-0.39, 0.29) is 12.0 Å². The zero-order valence-corrected chi connectivity index (χ0v) is 8.61. The second kappa shape index (κ2) is 5.78. The van der Waals surface area contributed by atoms with E-state index in [1.165, 1.54) is 0 Å². The predicted molar refractivity (Wildman–Crippen MR) is 54.8 cm³/mol. The molecular formula is C10H18N2O2. The van der Waals surface area contributed by atoms with Gasteiger partial charge in [0, 0.05) is 26.1 Å². The van der Waals surface area contributed by atoms with Gasteiger partial charge >= 0.3 is 0 Å². The molecule has 4 heteroatoms. The van der Waals surface area contributed by atoms with Gasteiger partial charge in [0.1, 0.15) is 0 Å². The van der Waals surface area contributed by atoms with Gasteiger partial charge in [0.05, 0.1) is 12.7 Å². The molecule has 0 radical (unpaired) electrons. The van der Waals surface area contributed by atoms with Crippen LogP contribution in [0.25, 0.3) is 0 Å². The lowest BCUT2D eigenvalue weighted by molar-refractivity contribution is -0.137. The van der Waals surface area contributed by atoms with Crippen molar-refractivity contribution in [2.45, 2.75) is 19.4 Å². The molecule has 1 rings (SSSR count). The number of nitrogens with two attached hydrogens (primary N) is 1. The quantitative estimate of drug-likeness (QED) is 0.656. The van der Waals surface area contributed by atoms with Crippen LogP contribution in [0.4, 0.5) is 0 Å². The first-order valence-corrected chi connectivity index (χ1v) is 4.98. The molecule has 2 N–H and O–H groups in total. The molecule has 1 aliphatic rings. The molecule has 1 atom stereocenters. The number of hydrogen-bond acceptors (Lipinski definition) is 3. The molecule has 80 valence electrons. The fraction of sp³-hybridized carbons (Fsp3) is 0.700. The minimum atomic E-state index is 0.0123. The first-order chi connectivity index (χ1) is 6.77. The van der Waals surface area contributed by atoms with E-state index in [2.05, 4.69) is 0 Å². The van der Waals surface area contributed by atoms with E-state index in [1.807, 2.05) is 24.0 Å². The van der Waals surface area contributed by atoms with Crippen molar-refractivity contribution in [3.63, 3.8) is 0 Å². The Morgan fingerprint density at radius 3 is 3.14 bits per heavy atom. The Balaban J connectivity index is 2.39.